The first-order valence-electron chi connectivity index (χ1n) is 16.5. The predicted molar refractivity (Wildman–Crippen MR) is 195 cm³/mol. The van der Waals surface area contributed by atoms with Gasteiger partial charge in [0.1, 0.15) is 6.54 Å². The number of halogens is 9. The van der Waals surface area contributed by atoms with Gasteiger partial charge in [-0.05, 0) is 30.4 Å². The molecule has 14 nitrogen and oxygen atoms in total. The minimum Gasteiger partial charge on any atom is -0.370 e. The number of benzene rings is 2. The molecule has 1 amide bonds. The van der Waals surface area contributed by atoms with Crippen LogP contribution in [-0.4, -0.2) is 87.7 Å². The molecular formula is C35H33F9N8O6S. The highest BCUT2D eigenvalue weighted by atomic mass is 32.1. The van der Waals surface area contributed by atoms with Crippen molar-refractivity contribution < 1.29 is 63.5 Å². The standard InChI is InChI=1S/C29H32N8O3S.C4F6O2.C2HF3O/c30-29(31)34-14-7-12-22(25(39)27-33-16-17-41-27)36-24(38)19-37-23(21-10-5-2-6-11-21)18-35-26(28(37)40)32-15-13-20-8-3-1-4-9-20;5-3(6,7)1(11)2(12)4(8,9)10;3-2(4,5)1-6/h1-6,8-11,16-18,22H,7,12-15,19H2,(H,32,35)(H,36,38)(H4,30,31,34);;1H/t22-;;/m0../s1. The van der Waals surface area contributed by atoms with Crippen molar-refractivity contribution in [2.24, 2.45) is 16.5 Å². The number of guanidine groups is 1. The summed E-state index contributed by atoms with van der Waals surface area (Å²) in [7, 11) is 0. The molecule has 0 saturated heterocycles. The molecule has 0 spiro atoms. The Bertz CT molecular complexity index is 2070. The number of aromatic nitrogens is 3. The van der Waals surface area contributed by atoms with Crippen LogP contribution in [0.15, 0.2) is 88.2 Å². The fourth-order valence-corrected chi connectivity index (χ4v) is 5.11. The molecule has 24 heteroatoms. The maximum Gasteiger partial charge on any atom is 0.458 e. The van der Waals surface area contributed by atoms with Gasteiger partial charge >= 0.3 is 30.1 Å². The third-order valence-corrected chi connectivity index (χ3v) is 7.86. The number of anilines is 1. The van der Waals surface area contributed by atoms with Gasteiger partial charge in [0.25, 0.3) is 5.56 Å². The summed E-state index contributed by atoms with van der Waals surface area (Å²) in [6, 6.07) is 18.3. The summed E-state index contributed by atoms with van der Waals surface area (Å²) in [6.07, 6.45) is -12.7. The van der Waals surface area contributed by atoms with Crippen molar-refractivity contribution >= 4 is 52.7 Å². The van der Waals surface area contributed by atoms with Crippen LogP contribution in [0.25, 0.3) is 11.3 Å². The van der Waals surface area contributed by atoms with Gasteiger partial charge in [-0.2, -0.15) is 39.5 Å². The van der Waals surface area contributed by atoms with Gasteiger partial charge in [0, 0.05) is 24.7 Å². The summed E-state index contributed by atoms with van der Waals surface area (Å²) in [5.74, 6) is -7.53. The van der Waals surface area contributed by atoms with Gasteiger partial charge in [-0.25, -0.2) is 9.97 Å². The van der Waals surface area contributed by atoms with E-state index in [4.69, 9.17) is 16.3 Å². The molecule has 0 saturated carbocycles. The van der Waals surface area contributed by atoms with Crippen LogP contribution in [0.2, 0.25) is 0 Å². The Hall–Kier alpha value is -6.46. The average Bonchev–Trinajstić information content (AvgIpc) is 3.72. The van der Waals surface area contributed by atoms with Crippen molar-refractivity contribution in [1.82, 2.24) is 19.9 Å². The number of nitrogens with zero attached hydrogens (tertiary/aromatic N) is 4. The lowest BCUT2D eigenvalue weighted by Crippen LogP contribution is -2.44. The van der Waals surface area contributed by atoms with Crippen LogP contribution in [0.5, 0.6) is 0 Å². The van der Waals surface area contributed by atoms with Gasteiger partial charge in [0.05, 0.1) is 17.9 Å². The van der Waals surface area contributed by atoms with Gasteiger partial charge in [-0.15, -0.1) is 11.3 Å². The third kappa shape index (κ3) is 17.3. The quantitative estimate of drug-likeness (QED) is 0.0249. The van der Waals surface area contributed by atoms with E-state index in [1.54, 1.807) is 11.6 Å². The lowest BCUT2D eigenvalue weighted by molar-refractivity contribution is -0.193. The second kappa shape index (κ2) is 22.5. The first kappa shape index (κ1) is 48.7. The zero-order chi connectivity index (χ0) is 44.4. The number of carbonyl (C=O) groups excluding carboxylic acids is 5. The number of hydrogen-bond acceptors (Lipinski definition) is 11. The van der Waals surface area contributed by atoms with E-state index in [1.807, 2.05) is 60.7 Å². The molecule has 0 bridgehead atoms. The Kier molecular flexibility index (Phi) is 18.5. The number of hydrogen-bond donors (Lipinski definition) is 4. The fraction of sp³-hybridized carbons (Fsp3) is 0.286. The molecule has 2 heterocycles. The van der Waals surface area contributed by atoms with Crippen LogP contribution < -0.4 is 27.7 Å². The molecule has 59 heavy (non-hydrogen) atoms. The SMILES string of the molecule is NC(N)=NCCC[C@H](NC(=O)Cn1c(-c2ccccc2)cnc(NCCc2ccccc2)c1=O)C(=O)c1nccs1.O=C(C(=O)C(F)(F)F)C(F)(F)F.O=CC(F)(F)F. The van der Waals surface area contributed by atoms with E-state index >= 15 is 0 Å². The molecular weight excluding hydrogens is 831 g/mol. The Morgan fingerprint density at radius 2 is 1.42 bits per heavy atom. The zero-order valence-electron chi connectivity index (χ0n) is 30.1. The van der Waals surface area contributed by atoms with Crippen LogP contribution in [0.4, 0.5) is 45.3 Å². The Balaban J connectivity index is 0.000000555. The first-order valence-corrected chi connectivity index (χ1v) is 17.4. The van der Waals surface area contributed by atoms with Crippen LogP contribution in [-0.2, 0) is 32.1 Å². The second-order valence-corrected chi connectivity index (χ2v) is 12.4. The highest BCUT2D eigenvalue weighted by Gasteiger charge is 2.54. The number of nitrogens with two attached hydrogens (primary N) is 2. The normalized spacial score (nSPS) is 11.7. The van der Waals surface area contributed by atoms with E-state index in [0.29, 0.717) is 38.0 Å². The number of aliphatic imine (C=N–C) groups is 1. The summed E-state index contributed by atoms with van der Waals surface area (Å²) >= 11 is 1.19. The molecule has 0 aliphatic rings. The highest BCUT2D eigenvalue weighted by Crippen LogP contribution is 2.24. The molecule has 6 N–H and O–H groups in total. The minimum absolute atomic E-state index is 0.0458. The van der Waals surface area contributed by atoms with Crippen molar-refractivity contribution in [3.63, 3.8) is 0 Å². The van der Waals surface area contributed by atoms with Crippen LogP contribution in [0.3, 0.4) is 0 Å². The fourth-order valence-electron chi connectivity index (χ4n) is 4.48. The van der Waals surface area contributed by atoms with Crippen molar-refractivity contribution in [3.05, 3.63) is 99.4 Å². The molecule has 4 aromatic rings. The van der Waals surface area contributed by atoms with Crippen molar-refractivity contribution in [2.45, 2.75) is 50.4 Å². The topological polar surface area (TPSA) is 222 Å². The minimum atomic E-state index is -5.77. The number of aldehydes is 1. The lowest BCUT2D eigenvalue weighted by Gasteiger charge is -2.19. The smallest absolute Gasteiger partial charge is 0.370 e. The van der Waals surface area contributed by atoms with E-state index in [1.165, 1.54) is 22.1 Å². The molecule has 0 unspecified atom stereocenters. The van der Waals surface area contributed by atoms with Crippen molar-refractivity contribution in [2.75, 3.05) is 18.4 Å². The van der Waals surface area contributed by atoms with Crippen molar-refractivity contribution in [1.29, 1.82) is 0 Å². The monoisotopic (exact) mass is 864 g/mol. The van der Waals surface area contributed by atoms with Crippen molar-refractivity contribution in [3.8, 4) is 11.3 Å². The van der Waals surface area contributed by atoms with E-state index in [9.17, 15) is 63.5 Å². The molecule has 0 aliphatic heterocycles. The molecule has 4 rings (SSSR count). The molecule has 1 atom stereocenters. The van der Waals surface area contributed by atoms with E-state index < -0.39 is 53.9 Å². The number of Topliss-reactive ketones (excluding diaryl/α,β-unsaturated/α-hetero) is 3. The van der Waals surface area contributed by atoms with Gasteiger partial charge in [-0.1, -0.05) is 60.7 Å². The van der Waals surface area contributed by atoms with Crippen LogP contribution >= 0.6 is 11.3 Å². The van der Waals surface area contributed by atoms with Gasteiger partial charge in [-0.3, -0.25) is 38.3 Å². The zero-order valence-corrected chi connectivity index (χ0v) is 30.9. The number of alkyl halides is 9. The maximum absolute atomic E-state index is 13.6. The van der Waals surface area contributed by atoms with Gasteiger partial charge < -0.3 is 22.1 Å². The third-order valence-electron chi connectivity index (χ3n) is 7.07. The summed E-state index contributed by atoms with van der Waals surface area (Å²) < 4.78 is 99.6. The Labute approximate surface area is 331 Å². The Morgan fingerprint density at radius 3 is 1.92 bits per heavy atom. The largest absolute Gasteiger partial charge is 0.458 e. The second-order valence-electron chi connectivity index (χ2n) is 11.5. The lowest BCUT2D eigenvalue weighted by atomic mass is 10.1. The summed E-state index contributed by atoms with van der Waals surface area (Å²) in [4.78, 5) is 80.4. The summed E-state index contributed by atoms with van der Waals surface area (Å²) in [6.45, 7) is 0.484. The van der Waals surface area contributed by atoms with Gasteiger partial charge in [0.2, 0.25) is 18.0 Å². The van der Waals surface area contributed by atoms with E-state index in [-0.39, 0.29) is 29.1 Å². The molecule has 318 valence electrons. The number of nitrogens with one attached hydrogen (secondary N) is 2. The number of amides is 1. The predicted octanol–water partition coefficient (Wildman–Crippen LogP) is 4.44. The first-order chi connectivity index (χ1) is 27.5. The van der Waals surface area contributed by atoms with Gasteiger partial charge in [0.15, 0.2) is 16.8 Å². The number of rotatable bonds is 15. The maximum atomic E-state index is 13.6. The summed E-state index contributed by atoms with van der Waals surface area (Å²) in [5.41, 5.74) is 12.7. The molecule has 0 aliphatic carbocycles. The Morgan fingerprint density at radius 1 is 0.864 bits per heavy atom. The number of ketones is 3. The molecule has 2 aromatic carbocycles. The molecule has 0 radical (unpaired) electrons. The van der Waals surface area contributed by atoms with E-state index in [2.05, 4.69) is 25.6 Å². The number of carbonyl (C=O) groups is 5. The number of thiazole rings is 1. The van der Waals surface area contributed by atoms with Crippen LogP contribution in [0.1, 0.15) is 28.2 Å². The average molecular weight is 865 g/mol. The molecule has 0 fully saturated rings. The van der Waals surface area contributed by atoms with Crippen LogP contribution in [0, 0.1) is 0 Å². The molecule has 2 aromatic heterocycles. The summed E-state index contributed by atoms with van der Waals surface area (Å²) in [5, 5.41) is 7.88. The highest BCUT2D eigenvalue weighted by molar-refractivity contribution is 7.11. The van der Waals surface area contributed by atoms with E-state index in [0.717, 1.165) is 11.1 Å².